The standard InChI is InChI=1S/C26H23F4N5OS/c1-15-11-16(5-8-20(15)25(36)33-18-6-7-18)22-14-32-24-21(31-10-9-26(28,29)30)13-23(34-35(22)24)37-19-4-2-3-17(27)12-19/h2-5,8,11-14,18,31H,6-7,9-10H2,1H3,(H,33,36). The van der Waals surface area contributed by atoms with Crippen LogP contribution in [0.2, 0.25) is 0 Å². The lowest BCUT2D eigenvalue weighted by molar-refractivity contribution is -0.131. The fraction of sp³-hybridized carbons (Fsp3) is 0.269. The zero-order valence-corrected chi connectivity index (χ0v) is 20.6. The largest absolute Gasteiger partial charge is 0.390 e. The van der Waals surface area contributed by atoms with Crippen LogP contribution in [0.15, 0.2) is 64.6 Å². The van der Waals surface area contributed by atoms with E-state index in [4.69, 9.17) is 0 Å². The molecule has 1 aliphatic rings. The molecule has 1 fully saturated rings. The molecule has 6 nitrogen and oxygen atoms in total. The van der Waals surface area contributed by atoms with Gasteiger partial charge in [0.05, 0.1) is 24.0 Å². The van der Waals surface area contributed by atoms with E-state index >= 15 is 0 Å². The summed E-state index contributed by atoms with van der Waals surface area (Å²) in [7, 11) is 0. The van der Waals surface area contributed by atoms with Crippen LogP contribution >= 0.6 is 11.8 Å². The number of alkyl halides is 3. The molecule has 192 valence electrons. The molecule has 4 aromatic rings. The summed E-state index contributed by atoms with van der Waals surface area (Å²) >= 11 is 1.18. The number of halogens is 4. The number of rotatable bonds is 8. The topological polar surface area (TPSA) is 71.3 Å². The van der Waals surface area contributed by atoms with E-state index in [1.54, 1.807) is 41.0 Å². The zero-order valence-electron chi connectivity index (χ0n) is 19.8. The molecule has 11 heteroatoms. The molecule has 2 heterocycles. The summed E-state index contributed by atoms with van der Waals surface area (Å²) in [6, 6.07) is 13.2. The molecule has 2 aromatic heterocycles. The Labute approximate surface area is 214 Å². The molecule has 0 radical (unpaired) electrons. The molecule has 0 saturated heterocycles. The molecule has 1 aliphatic carbocycles. The normalized spacial score (nSPS) is 13.6. The highest BCUT2D eigenvalue weighted by Gasteiger charge is 2.27. The van der Waals surface area contributed by atoms with E-state index in [9.17, 15) is 22.4 Å². The minimum Gasteiger partial charge on any atom is -0.382 e. The molecule has 0 bridgehead atoms. The Hall–Kier alpha value is -3.60. The van der Waals surface area contributed by atoms with Gasteiger partial charge in [-0.25, -0.2) is 13.9 Å². The highest BCUT2D eigenvalue weighted by molar-refractivity contribution is 7.99. The molecule has 5 rings (SSSR count). The average Bonchev–Trinajstić information content (AvgIpc) is 3.53. The second kappa shape index (κ2) is 10.0. The first-order valence-electron chi connectivity index (χ1n) is 11.7. The van der Waals surface area contributed by atoms with Crippen molar-refractivity contribution in [2.75, 3.05) is 11.9 Å². The maximum Gasteiger partial charge on any atom is 0.390 e. The molecule has 1 amide bonds. The third-order valence-corrected chi connectivity index (χ3v) is 6.77. The lowest BCUT2D eigenvalue weighted by atomic mass is 10.0. The number of benzene rings is 2. The minimum absolute atomic E-state index is 0.118. The summed E-state index contributed by atoms with van der Waals surface area (Å²) in [5, 5.41) is 10.9. The molecule has 1 saturated carbocycles. The minimum atomic E-state index is -4.30. The van der Waals surface area contributed by atoms with E-state index < -0.39 is 18.4 Å². The fourth-order valence-corrected chi connectivity index (χ4v) is 4.74. The van der Waals surface area contributed by atoms with Gasteiger partial charge in [0, 0.05) is 28.6 Å². The Bertz CT molecular complexity index is 1470. The van der Waals surface area contributed by atoms with E-state index in [0.29, 0.717) is 32.5 Å². The number of fused-ring (bicyclic) bond motifs is 1. The van der Waals surface area contributed by atoms with Crippen molar-refractivity contribution in [3.8, 4) is 11.3 Å². The number of aryl methyl sites for hydroxylation is 1. The quantitative estimate of drug-likeness (QED) is 0.264. The molecular weight excluding hydrogens is 506 g/mol. The summed E-state index contributed by atoms with van der Waals surface area (Å²) in [6.45, 7) is 1.51. The van der Waals surface area contributed by atoms with Gasteiger partial charge >= 0.3 is 6.18 Å². The van der Waals surface area contributed by atoms with Crippen molar-refractivity contribution >= 4 is 29.0 Å². The Morgan fingerprint density at radius 1 is 1.16 bits per heavy atom. The molecular formula is C26H23F4N5OS. The van der Waals surface area contributed by atoms with Crippen molar-refractivity contribution in [3.05, 3.63) is 71.7 Å². The van der Waals surface area contributed by atoms with Gasteiger partial charge in [0.15, 0.2) is 5.65 Å². The van der Waals surface area contributed by atoms with Crippen molar-refractivity contribution in [1.29, 1.82) is 0 Å². The Balaban J connectivity index is 1.51. The van der Waals surface area contributed by atoms with Crippen LogP contribution < -0.4 is 10.6 Å². The van der Waals surface area contributed by atoms with E-state index in [2.05, 4.69) is 20.7 Å². The number of anilines is 1. The molecule has 0 aliphatic heterocycles. The first-order chi connectivity index (χ1) is 17.7. The van der Waals surface area contributed by atoms with Crippen LogP contribution in [0.5, 0.6) is 0 Å². The molecule has 0 atom stereocenters. The Kier molecular flexibility index (Phi) is 6.80. The third-order valence-electron chi connectivity index (χ3n) is 5.87. The number of imidazole rings is 1. The van der Waals surface area contributed by atoms with Gasteiger partial charge in [-0.2, -0.15) is 18.3 Å². The molecule has 2 N–H and O–H groups in total. The molecule has 2 aromatic carbocycles. The first-order valence-corrected chi connectivity index (χ1v) is 12.5. The number of hydrogen-bond acceptors (Lipinski definition) is 5. The lowest BCUT2D eigenvalue weighted by Crippen LogP contribution is -2.26. The summed E-state index contributed by atoms with van der Waals surface area (Å²) in [5.41, 5.74) is 3.44. The first kappa shape index (κ1) is 25.1. The summed E-state index contributed by atoms with van der Waals surface area (Å²) < 4.78 is 53.6. The SMILES string of the molecule is Cc1cc(-c2cnc3c(NCCC(F)(F)F)cc(Sc4cccc(F)c4)nn23)ccc1C(=O)NC1CC1. The van der Waals surface area contributed by atoms with Gasteiger partial charge in [-0.1, -0.05) is 23.9 Å². The van der Waals surface area contributed by atoms with Gasteiger partial charge in [0.1, 0.15) is 10.8 Å². The van der Waals surface area contributed by atoms with Crippen LogP contribution in [0.4, 0.5) is 23.2 Å². The fourth-order valence-electron chi connectivity index (χ4n) is 3.88. The van der Waals surface area contributed by atoms with Crippen LogP contribution in [-0.4, -0.2) is 39.3 Å². The van der Waals surface area contributed by atoms with Crippen LogP contribution in [0, 0.1) is 12.7 Å². The van der Waals surface area contributed by atoms with E-state index in [1.807, 2.05) is 13.0 Å². The van der Waals surface area contributed by atoms with Crippen LogP contribution in [-0.2, 0) is 0 Å². The van der Waals surface area contributed by atoms with Crippen molar-refractivity contribution in [3.63, 3.8) is 0 Å². The highest BCUT2D eigenvalue weighted by atomic mass is 32.2. The lowest BCUT2D eigenvalue weighted by Gasteiger charge is -2.13. The molecule has 37 heavy (non-hydrogen) atoms. The summed E-state index contributed by atoms with van der Waals surface area (Å²) in [6.07, 6.45) is -1.74. The Morgan fingerprint density at radius 2 is 1.97 bits per heavy atom. The zero-order chi connectivity index (χ0) is 26.2. The van der Waals surface area contributed by atoms with Crippen molar-refractivity contribution in [1.82, 2.24) is 19.9 Å². The van der Waals surface area contributed by atoms with Gasteiger partial charge in [0.2, 0.25) is 0 Å². The maximum absolute atomic E-state index is 13.7. The third kappa shape index (κ3) is 6.04. The average molecular weight is 530 g/mol. The monoisotopic (exact) mass is 529 g/mol. The maximum atomic E-state index is 13.7. The van der Waals surface area contributed by atoms with Gasteiger partial charge in [0.25, 0.3) is 5.91 Å². The van der Waals surface area contributed by atoms with Gasteiger partial charge in [-0.15, -0.1) is 0 Å². The van der Waals surface area contributed by atoms with E-state index in [1.165, 1.54) is 23.9 Å². The van der Waals surface area contributed by atoms with Crippen LogP contribution in [0.3, 0.4) is 0 Å². The predicted octanol–water partition coefficient (Wildman–Crippen LogP) is 6.25. The van der Waals surface area contributed by atoms with Gasteiger partial charge < -0.3 is 10.6 Å². The second-order valence-corrected chi connectivity index (χ2v) is 10.00. The molecule has 0 unspecified atom stereocenters. The van der Waals surface area contributed by atoms with Crippen LogP contribution in [0.1, 0.15) is 35.2 Å². The summed E-state index contributed by atoms with van der Waals surface area (Å²) in [5.74, 6) is -0.521. The summed E-state index contributed by atoms with van der Waals surface area (Å²) in [4.78, 5) is 17.5. The van der Waals surface area contributed by atoms with Gasteiger partial charge in [-0.05, 0) is 61.7 Å². The second-order valence-electron chi connectivity index (χ2n) is 8.90. The Morgan fingerprint density at radius 3 is 2.68 bits per heavy atom. The van der Waals surface area contributed by atoms with Crippen molar-refractivity contribution in [2.45, 2.75) is 48.3 Å². The number of carbonyl (C=O) groups is 1. The van der Waals surface area contributed by atoms with Crippen molar-refractivity contribution in [2.24, 2.45) is 0 Å². The number of hydrogen-bond donors (Lipinski definition) is 2. The number of nitrogens with zero attached hydrogens (tertiary/aromatic N) is 3. The van der Waals surface area contributed by atoms with Crippen LogP contribution in [0.25, 0.3) is 16.9 Å². The molecule has 0 spiro atoms. The van der Waals surface area contributed by atoms with Crippen molar-refractivity contribution < 1.29 is 22.4 Å². The number of carbonyl (C=O) groups excluding carboxylic acids is 1. The highest BCUT2D eigenvalue weighted by Crippen LogP contribution is 2.32. The van der Waals surface area contributed by atoms with Gasteiger partial charge in [-0.3, -0.25) is 4.79 Å². The number of nitrogens with one attached hydrogen (secondary N) is 2. The van der Waals surface area contributed by atoms with E-state index in [-0.39, 0.29) is 18.5 Å². The van der Waals surface area contributed by atoms with E-state index in [0.717, 1.165) is 24.0 Å². The predicted molar refractivity (Wildman–Crippen MR) is 133 cm³/mol. The number of amides is 1. The smallest absolute Gasteiger partial charge is 0.382 e. The number of aromatic nitrogens is 3.